The molecular formula is C38H49N5O10. The van der Waals surface area contributed by atoms with E-state index in [1.165, 1.54) is 19.1 Å². The number of carbonyl (C=O) groups excluding carboxylic acids is 7. The first kappa shape index (κ1) is 40.3. The summed E-state index contributed by atoms with van der Waals surface area (Å²) in [5.41, 5.74) is 1.53. The van der Waals surface area contributed by atoms with Gasteiger partial charge in [0.1, 0.15) is 29.9 Å². The number of esters is 2. The Morgan fingerprint density at radius 3 is 2.09 bits per heavy atom. The summed E-state index contributed by atoms with van der Waals surface area (Å²) in [6.07, 6.45) is 1.12. The van der Waals surface area contributed by atoms with Crippen molar-refractivity contribution < 1.29 is 47.8 Å². The molecule has 2 aromatic rings. The van der Waals surface area contributed by atoms with Crippen molar-refractivity contribution in [3.05, 3.63) is 65.7 Å². The van der Waals surface area contributed by atoms with Crippen LogP contribution in [0.25, 0.3) is 0 Å². The zero-order chi connectivity index (χ0) is 38.5. The fourth-order valence-corrected chi connectivity index (χ4v) is 6.50. The third kappa shape index (κ3) is 11.3. The topological polar surface area (TPSA) is 199 Å². The number of nitrogens with zero attached hydrogens (tertiary/aromatic N) is 1. The van der Waals surface area contributed by atoms with E-state index in [4.69, 9.17) is 14.2 Å². The lowest BCUT2D eigenvalue weighted by molar-refractivity contribution is -0.166. The van der Waals surface area contributed by atoms with Crippen molar-refractivity contribution >= 4 is 41.5 Å². The van der Waals surface area contributed by atoms with E-state index in [1.807, 2.05) is 30.3 Å². The van der Waals surface area contributed by atoms with Crippen LogP contribution >= 0.6 is 0 Å². The Kier molecular flexibility index (Phi) is 14.7. The highest BCUT2D eigenvalue weighted by Gasteiger charge is 2.45. The molecule has 0 saturated carbocycles. The molecule has 2 fully saturated rings. The summed E-state index contributed by atoms with van der Waals surface area (Å²) >= 11 is 0. The Morgan fingerprint density at radius 1 is 0.811 bits per heavy atom. The third-order valence-corrected chi connectivity index (χ3v) is 9.08. The predicted molar refractivity (Wildman–Crippen MR) is 191 cm³/mol. The number of benzene rings is 2. The molecular weight excluding hydrogens is 686 g/mol. The van der Waals surface area contributed by atoms with Crippen LogP contribution in [0.3, 0.4) is 0 Å². The van der Waals surface area contributed by atoms with E-state index in [-0.39, 0.29) is 43.2 Å². The predicted octanol–water partition coefficient (Wildman–Crippen LogP) is 1.46. The van der Waals surface area contributed by atoms with Crippen molar-refractivity contribution in [1.29, 1.82) is 0 Å². The van der Waals surface area contributed by atoms with Gasteiger partial charge in [-0.05, 0) is 76.1 Å². The van der Waals surface area contributed by atoms with Crippen molar-refractivity contribution in [2.75, 3.05) is 13.2 Å². The number of ether oxygens (including phenoxy) is 3. The van der Waals surface area contributed by atoms with E-state index in [0.717, 1.165) is 5.56 Å². The molecule has 4 rings (SSSR count). The first-order chi connectivity index (χ1) is 25.4. The van der Waals surface area contributed by atoms with Crippen molar-refractivity contribution in [1.82, 2.24) is 26.2 Å². The van der Waals surface area contributed by atoms with Gasteiger partial charge in [-0.2, -0.15) is 0 Å². The summed E-state index contributed by atoms with van der Waals surface area (Å²) in [6, 6.07) is 11.8. The molecule has 2 aliphatic rings. The van der Waals surface area contributed by atoms with Gasteiger partial charge in [-0.25, -0.2) is 9.59 Å². The van der Waals surface area contributed by atoms with Crippen LogP contribution in [0.2, 0.25) is 0 Å². The molecule has 4 N–H and O–H groups in total. The molecule has 0 aromatic heterocycles. The average molecular weight is 736 g/mol. The smallest absolute Gasteiger partial charge is 0.359 e. The maximum absolute atomic E-state index is 13.9. The summed E-state index contributed by atoms with van der Waals surface area (Å²) in [4.78, 5) is 92.1. The molecule has 2 saturated heterocycles. The van der Waals surface area contributed by atoms with Gasteiger partial charge >= 0.3 is 11.9 Å². The minimum Gasteiger partial charge on any atom is -0.467 e. The van der Waals surface area contributed by atoms with Crippen LogP contribution in [0.1, 0.15) is 70.9 Å². The number of rotatable bonds is 16. The number of fused-ring (bicyclic) bond motifs is 1. The molecule has 5 amide bonds. The highest BCUT2D eigenvalue weighted by Crippen LogP contribution is 2.32. The molecule has 5 atom stereocenters. The van der Waals surface area contributed by atoms with Crippen molar-refractivity contribution in [2.24, 2.45) is 0 Å². The second kappa shape index (κ2) is 19.4. The van der Waals surface area contributed by atoms with E-state index < -0.39 is 59.9 Å². The lowest BCUT2D eigenvalue weighted by Crippen LogP contribution is -2.58. The fourth-order valence-electron chi connectivity index (χ4n) is 6.50. The van der Waals surface area contributed by atoms with E-state index >= 15 is 0 Å². The zero-order valence-corrected chi connectivity index (χ0v) is 30.6. The van der Waals surface area contributed by atoms with Crippen molar-refractivity contribution in [2.45, 2.75) is 109 Å². The monoisotopic (exact) mass is 735 g/mol. The second-order valence-corrected chi connectivity index (χ2v) is 13.0. The van der Waals surface area contributed by atoms with Gasteiger partial charge in [-0.1, -0.05) is 42.5 Å². The van der Waals surface area contributed by atoms with Crippen LogP contribution in [0.4, 0.5) is 0 Å². The van der Waals surface area contributed by atoms with Crippen LogP contribution in [0, 0.1) is 0 Å². The Balaban J connectivity index is 1.39. The lowest BCUT2D eigenvalue weighted by Gasteiger charge is -2.31. The van der Waals surface area contributed by atoms with E-state index in [2.05, 4.69) is 21.3 Å². The molecule has 2 aliphatic heterocycles. The van der Waals surface area contributed by atoms with Crippen LogP contribution in [-0.4, -0.2) is 95.9 Å². The van der Waals surface area contributed by atoms with E-state index in [0.29, 0.717) is 44.2 Å². The maximum atomic E-state index is 13.9. The second-order valence-electron chi connectivity index (χ2n) is 13.0. The van der Waals surface area contributed by atoms with Gasteiger partial charge in [0.25, 0.3) is 6.10 Å². The van der Waals surface area contributed by atoms with Crippen LogP contribution in [0.5, 0.6) is 5.75 Å². The molecule has 2 aromatic carbocycles. The largest absolute Gasteiger partial charge is 0.467 e. The van der Waals surface area contributed by atoms with Crippen LogP contribution in [0.15, 0.2) is 54.6 Å². The SMILES string of the molecule is CCOC(=O)C(Oc1ccc(C[C@H](NC(C)=O)C(=O)N[C@H]2CCCC3CC[C@@H](C(=O)N[C@@H](C)C(=O)NCc4ccccc4)N3C2=O)cc1)C(=O)OCC. The Labute approximate surface area is 308 Å². The maximum Gasteiger partial charge on any atom is 0.359 e. The summed E-state index contributed by atoms with van der Waals surface area (Å²) in [5, 5.41) is 11.0. The van der Waals surface area contributed by atoms with Gasteiger partial charge in [-0.15, -0.1) is 0 Å². The molecule has 1 unspecified atom stereocenters. The van der Waals surface area contributed by atoms with Gasteiger partial charge < -0.3 is 40.4 Å². The number of hydrogen-bond acceptors (Lipinski definition) is 10. The van der Waals surface area contributed by atoms with Crippen LogP contribution in [-0.2, 0) is 56.0 Å². The normalized spacial score (nSPS) is 19.2. The summed E-state index contributed by atoms with van der Waals surface area (Å²) < 4.78 is 15.4. The molecule has 15 nitrogen and oxygen atoms in total. The van der Waals surface area contributed by atoms with E-state index in [1.54, 1.807) is 37.8 Å². The molecule has 0 spiro atoms. The molecule has 53 heavy (non-hydrogen) atoms. The molecule has 0 radical (unpaired) electrons. The van der Waals surface area contributed by atoms with Gasteiger partial charge in [0.05, 0.1) is 13.2 Å². The van der Waals surface area contributed by atoms with Gasteiger partial charge in [0.2, 0.25) is 29.5 Å². The number of carbonyl (C=O) groups is 7. The fraction of sp³-hybridized carbons (Fsp3) is 0.500. The quantitative estimate of drug-likeness (QED) is 0.145. The first-order valence-electron chi connectivity index (χ1n) is 18.0. The summed E-state index contributed by atoms with van der Waals surface area (Å²) in [5.74, 6) is -3.83. The minimum absolute atomic E-state index is 0.0416. The highest BCUT2D eigenvalue weighted by molar-refractivity contribution is 5.98. The van der Waals surface area contributed by atoms with Gasteiger partial charge in [-0.3, -0.25) is 24.0 Å². The van der Waals surface area contributed by atoms with Crippen molar-refractivity contribution in [3.8, 4) is 5.75 Å². The molecule has 286 valence electrons. The van der Waals surface area contributed by atoms with Gasteiger partial charge in [0.15, 0.2) is 0 Å². The van der Waals surface area contributed by atoms with Crippen molar-refractivity contribution in [3.63, 3.8) is 0 Å². The third-order valence-electron chi connectivity index (χ3n) is 9.08. The molecule has 2 heterocycles. The number of nitrogens with one attached hydrogen (secondary N) is 4. The lowest BCUT2D eigenvalue weighted by atomic mass is 10.0. The zero-order valence-electron chi connectivity index (χ0n) is 30.6. The molecule has 15 heteroatoms. The molecule has 0 bridgehead atoms. The Hall–Kier alpha value is -5.47. The Morgan fingerprint density at radius 2 is 1.47 bits per heavy atom. The summed E-state index contributed by atoms with van der Waals surface area (Å²) in [6.45, 7) is 6.45. The highest BCUT2D eigenvalue weighted by atomic mass is 16.6. The standard InChI is InChI=1S/C38H49N5O10/c1-5-51-37(49)32(38(50)52-6-2)53-28-18-15-25(16-19-28)21-30(41-24(4)44)34(46)42-29-14-10-13-27-17-20-31(43(27)36(29)48)35(47)40-23(3)33(45)39-22-26-11-8-7-9-12-26/h7-9,11-12,15-16,18-19,23,27,29-32H,5-6,10,13-14,17,20-22H2,1-4H3,(H,39,45)(H,40,47)(H,41,44)(H,42,46)/t23-,27?,29-,30-,31-/m0/s1. The first-order valence-corrected chi connectivity index (χ1v) is 18.0. The van der Waals surface area contributed by atoms with E-state index in [9.17, 15) is 33.6 Å². The average Bonchev–Trinajstić information content (AvgIpc) is 3.50. The van der Waals surface area contributed by atoms with Gasteiger partial charge in [0, 0.05) is 25.9 Å². The number of hydrogen-bond donors (Lipinski definition) is 4. The summed E-state index contributed by atoms with van der Waals surface area (Å²) in [7, 11) is 0. The molecule has 0 aliphatic carbocycles. The minimum atomic E-state index is -1.62. The number of amides is 5. The van der Waals surface area contributed by atoms with Crippen LogP contribution < -0.4 is 26.0 Å². The Bertz CT molecular complexity index is 1600.